The number of likely N-dealkylation sites (tertiary alicyclic amines) is 1. The Morgan fingerprint density at radius 1 is 1.24 bits per heavy atom. The highest BCUT2D eigenvalue weighted by Crippen LogP contribution is 2.71. The lowest BCUT2D eigenvalue weighted by atomic mass is 9.55. The van der Waals surface area contributed by atoms with Gasteiger partial charge in [0.1, 0.15) is 11.6 Å². The number of methoxy groups -OCH3 is 2. The number of esters is 1. The number of nitrogens with zero attached hydrogens (tertiary/aromatic N) is 1. The first kappa shape index (κ1) is 15.5. The molecule has 134 valence electrons. The number of carbonyl (C=O) groups excluding carboxylic acids is 1. The van der Waals surface area contributed by atoms with Crippen molar-refractivity contribution in [1.29, 1.82) is 0 Å². The molecule has 2 aliphatic heterocycles. The van der Waals surface area contributed by atoms with Gasteiger partial charge < -0.3 is 19.9 Å². The lowest BCUT2D eigenvalue weighted by molar-refractivity contribution is -0.179. The van der Waals surface area contributed by atoms with Crippen LogP contribution in [0.2, 0.25) is 0 Å². The molecule has 1 aromatic carbocycles. The molecule has 5 rings (SSSR count). The highest BCUT2D eigenvalue weighted by atomic mass is 16.5. The molecule has 2 saturated heterocycles. The quantitative estimate of drug-likeness (QED) is 0.820. The van der Waals surface area contributed by atoms with Crippen LogP contribution in [0.25, 0.3) is 0 Å². The monoisotopic (exact) mass is 344 g/mol. The Balaban J connectivity index is 1.89. The maximum Gasteiger partial charge on any atom is 0.328 e. The minimum Gasteiger partial charge on any atom is -0.493 e. The number of likely N-dealkylation sites (N-methyl/N-ethyl adjacent to an activating group) is 1. The average Bonchev–Trinajstić information content (AvgIpc) is 3.08. The maximum absolute atomic E-state index is 12.9. The molecule has 2 N–H and O–H groups in total. The van der Waals surface area contributed by atoms with E-state index >= 15 is 0 Å². The number of rotatable bonds is 2. The smallest absolute Gasteiger partial charge is 0.328 e. The predicted molar refractivity (Wildman–Crippen MR) is 90.8 cm³/mol. The van der Waals surface area contributed by atoms with Gasteiger partial charge in [0.05, 0.1) is 19.8 Å². The fourth-order valence-corrected chi connectivity index (χ4v) is 6.52. The Hall–Kier alpha value is -1.79. The van der Waals surface area contributed by atoms with E-state index in [1.165, 1.54) is 0 Å². The van der Waals surface area contributed by atoms with Gasteiger partial charge in [-0.15, -0.1) is 0 Å². The van der Waals surface area contributed by atoms with Crippen LogP contribution in [-0.4, -0.2) is 49.8 Å². The third kappa shape index (κ3) is 1.38. The molecular weight excluding hydrogens is 320 g/mol. The molecule has 2 bridgehead atoms. The molecule has 6 heteroatoms. The molecule has 6 nitrogen and oxygen atoms in total. The number of benzene rings is 1. The number of hydrogen-bond donors (Lipinski definition) is 1. The summed E-state index contributed by atoms with van der Waals surface area (Å²) in [5, 5.41) is 0. The molecule has 2 heterocycles. The van der Waals surface area contributed by atoms with E-state index < -0.39 is 11.1 Å². The van der Waals surface area contributed by atoms with Crippen LogP contribution in [0.5, 0.6) is 11.5 Å². The zero-order chi connectivity index (χ0) is 17.6. The first-order valence-corrected chi connectivity index (χ1v) is 8.92. The van der Waals surface area contributed by atoms with E-state index in [4.69, 9.17) is 19.9 Å². The fourth-order valence-electron chi connectivity index (χ4n) is 6.52. The number of hydrogen-bond acceptors (Lipinski definition) is 6. The van der Waals surface area contributed by atoms with Crippen molar-refractivity contribution in [1.82, 2.24) is 4.90 Å². The highest BCUT2D eigenvalue weighted by molar-refractivity contribution is 5.87. The van der Waals surface area contributed by atoms with Gasteiger partial charge in [-0.05, 0) is 38.9 Å². The van der Waals surface area contributed by atoms with Crippen molar-refractivity contribution >= 4 is 5.97 Å². The maximum atomic E-state index is 12.9. The van der Waals surface area contributed by atoms with Gasteiger partial charge in [0.15, 0.2) is 11.5 Å². The van der Waals surface area contributed by atoms with Crippen molar-refractivity contribution in [3.8, 4) is 11.5 Å². The van der Waals surface area contributed by atoms with Gasteiger partial charge >= 0.3 is 5.97 Å². The topological polar surface area (TPSA) is 74.0 Å². The van der Waals surface area contributed by atoms with Gasteiger partial charge in [0.2, 0.25) is 0 Å². The number of ether oxygens (including phenoxy) is 3. The van der Waals surface area contributed by atoms with E-state index in [1.54, 1.807) is 14.2 Å². The summed E-state index contributed by atoms with van der Waals surface area (Å²) in [5.41, 5.74) is 7.43. The van der Waals surface area contributed by atoms with Gasteiger partial charge in [-0.3, -0.25) is 4.90 Å². The summed E-state index contributed by atoms with van der Waals surface area (Å²) in [6.07, 6.45) is 2.97. The van der Waals surface area contributed by atoms with Gasteiger partial charge in [0, 0.05) is 23.0 Å². The summed E-state index contributed by atoms with van der Waals surface area (Å²) in [7, 11) is 5.44. The predicted octanol–water partition coefficient (Wildman–Crippen LogP) is 1.51. The molecule has 4 aliphatic rings. The lowest BCUT2D eigenvalue weighted by Crippen LogP contribution is -2.75. The van der Waals surface area contributed by atoms with Crippen LogP contribution in [0.4, 0.5) is 0 Å². The Morgan fingerprint density at radius 2 is 2.04 bits per heavy atom. The molecule has 2 unspecified atom stereocenters. The zero-order valence-corrected chi connectivity index (χ0v) is 14.9. The van der Waals surface area contributed by atoms with Gasteiger partial charge in [-0.1, -0.05) is 6.07 Å². The molecule has 0 aromatic heterocycles. The van der Waals surface area contributed by atoms with Crippen molar-refractivity contribution in [2.45, 2.75) is 48.3 Å². The molecule has 3 fully saturated rings. The van der Waals surface area contributed by atoms with Crippen molar-refractivity contribution in [2.75, 3.05) is 27.8 Å². The van der Waals surface area contributed by atoms with Crippen molar-refractivity contribution in [3.05, 3.63) is 23.3 Å². The van der Waals surface area contributed by atoms with Crippen molar-refractivity contribution in [3.63, 3.8) is 0 Å². The minimum absolute atomic E-state index is 0.193. The third-order valence-corrected chi connectivity index (χ3v) is 7.50. The summed E-state index contributed by atoms with van der Waals surface area (Å²) in [6.45, 7) is 0.915. The largest absolute Gasteiger partial charge is 0.493 e. The molecule has 1 saturated carbocycles. The van der Waals surface area contributed by atoms with Crippen LogP contribution in [0.15, 0.2) is 12.1 Å². The van der Waals surface area contributed by atoms with E-state index in [-0.39, 0.29) is 17.5 Å². The number of fused-ring (bicyclic) bond motifs is 3. The lowest BCUT2D eigenvalue weighted by Gasteiger charge is -2.58. The zero-order valence-electron chi connectivity index (χ0n) is 14.9. The second-order valence-electron chi connectivity index (χ2n) is 7.95. The van der Waals surface area contributed by atoms with E-state index in [1.807, 2.05) is 12.1 Å². The Bertz CT molecular complexity index is 796. The second kappa shape index (κ2) is 4.48. The molecule has 1 aromatic rings. The summed E-state index contributed by atoms with van der Waals surface area (Å²) >= 11 is 0. The average molecular weight is 344 g/mol. The van der Waals surface area contributed by atoms with Crippen LogP contribution in [0.3, 0.4) is 0 Å². The van der Waals surface area contributed by atoms with Crippen LogP contribution < -0.4 is 15.2 Å². The van der Waals surface area contributed by atoms with Crippen LogP contribution in [-0.2, 0) is 14.9 Å². The number of nitrogens with two attached hydrogens (primary N) is 1. The van der Waals surface area contributed by atoms with Crippen molar-refractivity contribution < 1.29 is 19.0 Å². The minimum atomic E-state index is -0.958. The Morgan fingerprint density at radius 3 is 2.76 bits per heavy atom. The summed E-state index contributed by atoms with van der Waals surface area (Å²) in [4.78, 5) is 15.2. The molecule has 25 heavy (non-hydrogen) atoms. The Labute approximate surface area is 147 Å². The second-order valence-corrected chi connectivity index (χ2v) is 7.95. The number of carbonyl (C=O) groups is 1. The molecule has 0 amide bonds. The first-order valence-electron chi connectivity index (χ1n) is 8.92. The van der Waals surface area contributed by atoms with E-state index in [2.05, 4.69) is 11.9 Å². The molecular formula is C19H24N2O4. The third-order valence-electron chi connectivity index (χ3n) is 7.50. The fraction of sp³-hybridized carbons (Fsp3) is 0.632. The van der Waals surface area contributed by atoms with Crippen LogP contribution in [0.1, 0.15) is 42.9 Å². The van der Waals surface area contributed by atoms with E-state index in [0.29, 0.717) is 6.42 Å². The summed E-state index contributed by atoms with van der Waals surface area (Å²) < 4.78 is 17.2. The summed E-state index contributed by atoms with van der Waals surface area (Å²) in [6, 6.07) is 3.94. The van der Waals surface area contributed by atoms with Crippen LogP contribution in [0, 0.1) is 0 Å². The van der Waals surface area contributed by atoms with E-state index in [9.17, 15) is 4.79 Å². The molecule has 2 aliphatic carbocycles. The van der Waals surface area contributed by atoms with Crippen LogP contribution >= 0.6 is 0 Å². The van der Waals surface area contributed by atoms with E-state index in [0.717, 1.165) is 48.4 Å². The highest BCUT2D eigenvalue weighted by Gasteiger charge is 2.79. The molecule has 4 atom stereocenters. The molecule has 1 spiro atoms. The SMILES string of the molecule is COc1ccc2c(c1OC)[C@@]13CCN(C)C14C[C@@H]2OC(=O)C4(N)CC3. The summed E-state index contributed by atoms with van der Waals surface area (Å²) in [5.74, 6) is 1.24. The van der Waals surface area contributed by atoms with Crippen molar-refractivity contribution in [2.24, 2.45) is 5.73 Å². The molecule has 0 radical (unpaired) electrons. The first-order chi connectivity index (χ1) is 11.9. The normalized spacial score (nSPS) is 41.1. The Kier molecular flexibility index (Phi) is 2.77. The van der Waals surface area contributed by atoms with Gasteiger partial charge in [0.25, 0.3) is 0 Å². The standard InChI is InChI=1S/C19H24N2O4/c1-21-9-8-17-6-7-18(20)16(22)25-13(10-19(17,18)21)11-4-5-12(23-2)15(24-3)14(11)17/h4-5,13H,6-10,20H2,1-3H3/t13-,17+,18?,19?/m0/s1. The van der Waals surface area contributed by atoms with Gasteiger partial charge in [-0.25, -0.2) is 4.79 Å². The van der Waals surface area contributed by atoms with Gasteiger partial charge in [-0.2, -0.15) is 0 Å².